The van der Waals surface area contributed by atoms with Crippen molar-refractivity contribution in [3.05, 3.63) is 24.3 Å². The van der Waals surface area contributed by atoms with Crippen molar-refractivity contribution in [2.45, 2.75) is 58.3 Å². The van der Waals surface area contributed by atoms with Crippen LogP contribution in [0.15, 0.2) is 24.3 Å². The maximum atomic E-state index is 9.49. The van der Waals surface area contributed by atoms with Crippen LogP contribution in [0.3, 0.4) is 0 Å². The molecule has 2 atom stereocenters. The Hall–Kier alpha value is -1.22. The molecule has 1 aliphatic carbocycles. The second-order valence-corrected chi connectivity index (χ2v) is 6.80. The van der Waals surface area contributed by atoms with Crippen LogP contribution in [-0.2, 0) is 0 Å². The molecule has 0 aromatic heterocycles. The Balaban J connectivity index is 1.70. The SMILES string of the molecule is CCCCCCOc1ccc(NCC2CCCCC2CO)cc1. The van der Waals surface area contributed by atoms with Crippen molar-refractivity contribution in [3.63, 3.8) is 0 Å². The highest BCUT2D eigenvalue weighted by Crippen LogP contribution is 2.30. The van der Waals surface area contributed by atoms with Gasteiger partial charge in [-0.15, -0.1) is 0 Å². The summed E-state index contributed by atoms with van der Waals surface area (Å²) in [6.45, 7) is 4.33. The summed E-state index contributed by atoms with van der Waals surface area (Å²) in [5.41, 5.74) is 1.14. The fourth-order valence-electron chi connectivity index (χ4n) is 3.43. The van der Waals surface area contributed by atoms with Crippen molar-refractivity contribution in [2.75, 3.05) is 25.1 Å². The van der Waals surface area contributed by atoms with Gasteiger partial charge in [-0.2, -0.15) is 0 Å². The van der Waals surface area contributed by atoms with Gasteiger partial charge < -0.3 is 15.2 Å². The number of aliphatic hydroxyl groups is 1. The minimum absolute atomic E-state index is 0.331. The van der Waals surface area contributed by atoms with Gasteiger partial charge in [-0.3, -0.25) is 0 Å². The third-order valence-electron chi connectivity index (χ3n) is 4.99. The van der Waals surface area contributed by atoms with Gasteiger partial charge in [0.15, 0.2) is 0 Å². The van der Waals surface area contributed by atoms with E-state index < -0.39 is 0 Å². The summed E-state index contributed by atoms with van der Waals surface area (Å²) >= 11 is 0. The molecule has 0 aliphatic heterocycles. The molecule has 0 heterocycles. The highest BCUT2D eigenvalue weighted by molar-refractivity contribution is 5.46. The average molecular weight is 319 g/mol. The third kappa shape index (κ3) is 6.42. The summed E-state index contributed by atoms with van der Waals surface area (Å²) < 4.78 is 5.78. The largest absolute Gasteiger partial charge is 0.494 e. The fraction of sp³-hybridized carbons (Fsp3) is 0.700. The van der Waals surface area contributed by atoms with E-state index in [1.807, 2.05) is 12.1 Å². The topological polar surface area (TPSA) is 41.5 Å². The summed E-state index contributed by atoms with van der Waals surface area (Å²) in [5, 5.41) is 13.0. The molecular formula is C20H33NO2. The molecule has 0 amide bonds. The first-order chi connectivity index (χ1) is 11.3. The number of ether oxygens (including phenoxy) is 1. The van der Waals surface area contributed by atoms with E-state index in [-0.39, 0.29) is 0 Å². The number of unbranched alkanes of at least 4 members (excludes halogenated alkanes) is 3. The monoisotopic (exact) mass is 319 g/mol. The van der Waals surface area contributed by atoms with Gasteiger partial charge in [0.2, 0.25) is 0 Å². The van der Waals surface area contributed by atoms with Crippen molar-refractivity contribution in [1.82, 2.24) is 0 Å². The zero-order valence-corrected chi connectivity index (χ0v) is 14.6. The van der Waals surface area contributed by atoms with Gasteiger partial charge in [0.05, 0.1) is 6.61 Å². The van der Waals surface area contributed by atoms with Gasteiger partial charge in [0, 0.05) is 18.8 Å². The van der Waals surface area contributed by atoms with Crippen molar-refractivity contribution < 1.29 is 9.84 Å². The molecule has 0 saturated heterocycles. The molecule has 1 aliphatic rings. The van der Waals surface area contributed by atoms with Crippen molar-refractivity contribution in [3.8, 4) is 5.75 Å². The smallest absolute Gasteiger partial charge is 0.119 e. The predicted molar refractivity (Wildman–Crippen MR) is 97.1 cm³/mol. The molecule has 1 aromatic rings. The lowest BCUT2D eigenvalue weighted by Crippen LogP contribution is -2.28. The number of anilines is 1. The number of rotatable bonds is 10. The molecule has 130 valence electrons. The van der Waals surface area contributed by atoms with E-state index in [0.29, 0.717) is 18.4 Å². The Morgan fingerprint density at radius 1 is 1.04 bits per heavy atom. The lowest BCUT2D eigenvalue weighted by atomic mass is 9.79. The Kier molecular flexibility index (Phi) is 8.30. The number of hydrogen-bond acceptors (Lipinski definition) is 3. The minimum Gasteiger partial charge on any atom is -0.494 e. The van der Waals surface area contributed by atoms with E-state index in [1.165, 1.54) is 44.9 Å². The first kappa shape index (κ1) is 18.1. The van der Waals surface area contributed by atoms with Crippen LogP contribution < -0.4 is 10.1 Å². The van der Waals surface area contributed by atoms with E-state index in [1.54, 1.807) is 0 Å². The molecule has 1 fully saturated rings. The van der Waals surface area contributed by atoms with E-state index in [9.17, 15) is 5.11 Å². The molecule has 0 radical (unpaired) electrons. The number of nitrogens with one attached hydrogen (secondary N) is 1. The molecular weight excluding hydrogens is 286 g/mol. The van der Waals surface area contributed by atoms with E-state index in [2.05, 4.69) is 24.4 Å². The van der Waals surface area contributed by atoms with Gasteiger partial charge >= 0.3 is 0 Å². The van der Waals surface area contributed by atoms with Crippen LogP contribution >= 0.6 is 0 Å². The predicted octanol–water partition coefficient (Wildman–Crippen LogP) is 4.86. The Morgan fingerprint density at radius 3 is 2.48 bits per heavy atom. The molecule has 2 rings (SSSR count). The normalized spacial score (nSPS) is 21.1. The molecule has 0 bridgehead atoms. The van der Waals surface area contributed by atoms with Crippen LogP contribution in [0.5, 0.6) is 5.75 Å². The number of aliphatic hydroxyl groups excluding tert-OH is 1. The van der Waals surface area contributed by atoms with Crippen molar-refractivity contribution >= 4 is 5.69 Å². The molecule has 1 aromatic carbocycles. The minimum atomic E-state index is 0.331. The Bertz CT molecular complexity index is 418. The molecule has 2 N–H and O–H groups in total. The van der Waals surface area contributed by atoms with Crippen LogP contribution in [0.4, 0.5) is 5.69 Å². The van der Waals surface area contributed by atoms with E-state index in [0.717, 1.165) is 31.0 Å². The standard InChI is InChI=1S/C20H33NO2/c1-2-3-4-7-14-23-20-12-10-19(11-13-20)21-15-17-8-5-6-9-18(17)16-22/h10-13,17-18,21-22H,2-9,14-16H2,1H3. The van der Waals surface area contributed by atoms with Crippen LogP contribution in [0.1, 0.15) is 58.3 Å². The lowest BCUT2D eigenvalue weighted by Gasteiger charge is -2.30. The van der Waals surface area contributed by atoms with Gasteiger partial charge in [-0.25, -0.2) is 0 Å². The zero-order chi connectivity index (χ0) is 16.3. The third-order valence-corrected chi connectivity index (χ3v) is 4.99. The van der Waals surface area contributed by atoms with Crippen molar-refractivity contribution in [1.29, 1.82) is 0 Å². The molecule has 23 heavy (non-hydrogen) atoms. The highest BCUT2D eigenvalue weighted by Gasteiger charge is 2.23. The second kappa shape index (κ2) is 10.5. The quantitative estimate of drug-likeness (QED) is 0.605. The van der Waals surface area contributed by atoms with Crippen LogP contribution in [0.25, 0.3) is 0 Å². The van der Waals surface area contributed by atoms with Crippen molar-refractivity contribution in [2.24, 2.45) is 11.8 Å². The lowest BCUT2D eigenvalue weighted by molar-refractivity contribution is 0.141. The van der Waals surface area contributed by atoms with Crippen LogP contribution in [0, 0.1) is 11.8 Å². The van der Waals surface area contributed by atoms with E-state index in [4.69, 9.17) is 4.74 Å². The first-order valence-corrected chi connectivity index (χ1v) is 9.41. The Labute approximate surface area is 141 Å². The summed E-state index contributed by atoms with van der Waals surface area (Å²) in [6.07, 6.45) is 9.92. The van der Waals surface area contributed by atoms with Gasteiger partial charge in [0.25, 0.3) is 0 Å². The molecule has 3 heteroatoms. The summed E-state index contributed by atoms with van der Waals surface area (Å²) in [5.74, 6) is 2.03. The molecule has 3 nitrogen and oxygen atoms in total. The zero-order valence-electron chi connectivity index (χ0n) is 14.6. The summed E-state index contributed by atoms with van der Waals surface area (Å²) in [4.78, 5) is 0. The van der Waals surface area contributed by atoms with Gasteiger partial charge in [0.1, 0.15) is 5.75 Å². The molecule has 2 unspecified atom stereocenters. The summed E-state index contributed by atoms with van der Waals surface area (Å²) in [6, 6.07) is 8.29. The first-order valence-electron chi connectivity index (χ1n) is 9.41. The van der Waals surface area contributed by atoms with E-state index >= 15 is 0 Å². The number of hydrogen-bond donors (Lipinski definition) is 2. The van der Waals surface area contributed by atoms with Crippen LogP contribution in [0.2, 0.25) is 0 Å². The molecule has 0 spiro atoms. The van der Waals surface area contributed by atoms with Gasteiger partial charge in [-0.05, 0) is 55.4 Å². The fourth-order valence-corrected chi connectivity index (χ4v) is 3.43. The Morgan fingerprint density at radius 2 is 1.78 bits per heavy atom. The maximum absolute atomic E-state index is 9.49. The molecule has 1 saturated carbocycles. The second-order valence-electron chi connectivity index (χ2n) is 6.80. The van der Waals surface area contributed by atoms with Crippen LogP contribution in [-0.4, -0.2) is 24.9 Å². The number of benzene rings is 1. The van der Waals surface area contributed by atoms with Gasteiger partial charge in [-0.1, -0.05) is 39.0 Å². The maximum Gasteiger partial charge on any atom is 0.119 e. The highest BCUT2D eigenvalue weighted by atomic mass is 16.5. The average Bonchev–Trinajstić information content (AvgIpc) is 2.61. The summed E-state index contributed by atoms with van der Waals surface area (Å²) in [7, 11) is 0.